The molecule has 8 nitrogen and oxygen atoms in total. The van der Waals surface area contributed by atoms with E-state index in [9.17, 15) is 40.2 Å². The molecule has 0 fully saturated rings. The molecule has 4 aromatic carbocycles. The molecule has 0 saturated heterocycles. The average Bonchev–Trinajstić information content (AvgIpc) is 2.90. The smallest absolute Gasteiger partial charge is 0.169 e. The highest BCUT2D eigenvalue weighted by molar-refractivity contribution is 6.16. The molecule has 0 aliphatic carbocycles. The van der Waals surface area contributed by atoms with Gasteiger partial charge >= 0.3 is 0 Å². The minimum absolute atomic E-state index is 0.0801. The molecule has 0 saturated carbocycles. The van der Waals surface area contributed by atoms with Crippen LogP contribution >= 0.6 is 0 Å². The number of fused-ring (bicyclic) bond motifs is 2. The Bertz CT molecular complexity index is 1560. The van der Waals surface area contributed by atoms with Crippen molar-refractivity contribution >= 4 is 33.1 Å². The molecule has 0 bridgehead atoms. The summed E-state index contributed by atoms with van der Waals surface area (Å²) in [6.45, 7) is 7.21. The number of aromatic hydroxyl groups is 6. The second-order valence-corrected chi connectivity index (χ2v) is 10.3. The topological polar surface area (TPSA) is 156 Å². The van der Waals surface area contributed by atoms with Crippen molar-refractivity contribution in [2.24, 2.45) is 0 Å². The third kappa shape index (κ3) is 4.63. The molecule has 4 rings (SSSR count). The van der Waals surface area contributed by atoms with Crippen molar-refractivity contribution in [3.05, 3.63) is 46.5 Å². The molecule has 0 heterocycles. The van der Waals surface area contributed by atoms with Crippen molar-refractivity contribution in [2.75, 3.05) is 0 Å². The van der Waals surface area contributed by atoms with Crippen LogP contribution in [0.3, 0.4) is 0 Å². The van der Waals surface area contributed by atoms with Crippen LogP contribution in [0.2, 0.25) is 0 Å². The predicted octanol–water partition coefficient (Wildman–Crippen LogP) is 7.26. The average molecular weight is 547 g/mol. The quantitative estimate of drug-likeness (QED) is 0.0946. The van der Waals surface area contributed by atoms with Crippen LogP contribution in [0.5, 0.6) is 34.5 Å². The summed E-state index contributed by atoms with van der Waals surface area (Å²) in [7, 11) is 0. The summed E-state index contributed by atoms with van der Waals surface area (Å²) in [5, 5.41) is 65.7. The monoisotopic (exact) mass is 546 g/mol. The molecule has 0 spiro atoms. The van der Waals surface area contributed by atoms with Gasteiger partial charge in [-0.3, -0.25) is 9.59 Å². The van der Waals surface area contributed by atoms with Crippen LogP contribution in [0.4, 0.5) is 0 Å². The molecule has 0 unspecified atom stereocenters. The normalized spacial score (nSPS) is 11.4. The van der Waals surface area contributed by atoms with Gasteiger partial charge in [-0.05, 0) is 62.1 Å². The number of hydrogen-bond acceptors (Lipinski definition) is 8. The van der Waals surface area contributed by atoms with Gasteiger partial charge < -0.3 is 30.6 Å². The number of Topliss-reactive ketones (excluding diaryl/α,β-unsaturated/α-hetero) is 2. The van der Waals surface area contributed by atoms with E-state index < -0.39 is 23.0 Å². The Morgan fingerprint density at radius 1 is 0.550 bits per heavy atom. The summed E-state index contributed by atoms with van der Waals surface area (Å²) in [6, 6.07) is 5.56. The Morgan fingerprint density at radius 2 is 0.900 bits per heavy atom. The Balaban J connectivity index is 2.04. The van der Waals surface area contributed by atoms with Crippen LogP contribution in [0.15, 0.2) is 24.3 Å². The van der Waals surface area contributed by atoms with E-state index in [1.165, 1.54) is 12.1 Å². The summed E-state index contributed by atoms with van der Waals surface area (Å²) in [5.74, 6) is -3.62. The Kier molecular flexibility index (Phi) is 7.82. The van der Waals surface area contributed by atoms with Crippen LogP contribution in [-0.4, -0.2) is 42.2 Å². The minimum atomic E-state index is -0.562. The van der Waals surface area contributed by atoms with Crippen molar-refractivity contribution in [1.29, 1.82) is 0 Å². The van der Waals surface area contributed by atoms with Gasteiger partial charge in [0.1, 0.15) is 11.5 Å². The lowest BCUT2D eigenvalue weighted by molar-refractivity contribution is 0.0970. The van der Waals surface area contributed by atoms with E-state index in [-0.39, 0.29) is 79.7 Å². The predicted molar refractivity (Wildman–Crippen MR) is 154 cm³/mol. The lowest BCUT2D eigenvalue weighted by Gasteiger charge is -2.20. The van der Waals surface area contributed by atoms with Gasteiger partial charge in [0.2, 0.25) is 0 Å². The van der Waals surface area contributed by atoms with E-state index >= 15 is 0 Å². The fourth-order valence-electron chi connectivity index (χ4n) is 5.38. The lowest BCUT2D eigenvalue weighted by Crippen LogP contribution is -2.03. The Morgan fingerprint density at radius 3 is 1.23 bits per heavy atom. The summed E-state index contributed by atoms with van der Waals surface area (Å²) in [4.78, 5) is 25.9. The van der Waals surface area contributed by atoms with Gasteiger partial charge in [0, 0.05) is 45.5 Å². The highest BCUT2D eigenvalue weighted by Crippen LogP contribution is 2.51. The zero-order chi connectivity index (χ0) is 29.5. The molecular formula is C32H34O8. The largest absolute Gasteiger partial charge is 0.507 e. The first-order chi connectivity index (χ1) is 18.9. The van der Waals surface area contributed by atoms with Gasteiger partial charge in [-0.25, -0.2) is 0 Å². The van der Waals surface area contributed by atoms with Crippen LogP contribution in [0, 0.1) is 13.8 Å². The van der Waals surface area contributed by atoms with Crippen LogP contribution in [0.25, 0.3) is 32.7 Å². The molecule has 0 atom stereocenters. The number of hydrogen-bond donors (Lipinski definition) is 6. The molecular weight excluding hydrogens is 512 g/mol. The van der Waals surface area contributed by atoms with Gasteiger partial charge in [-0.15, -0.1) is 0 Å². The maximum absolute atomic E-state index is 13.0. The van der Waals surface area contributed by atoms with Crippen molar-refractivity contribution < 1.29 is 40.2 Å². The van der Waals surface area contributed by atoms with E-state index in [2.05, 4.69) is 0 Å². The van der Waals surface area contributed by atoms with Crippen molar-refractivity contribution in [3.63, 3.8) is 0 Å². The Labute approximate surface area is 231 Å². The Hall–Kier alpha value is -4.46. The van der Waals surface area contributed by atoms with Gasteiger partial charge in [-0.1, -0.05) is 26.7 Å². The first-order valence-corrected chi connectivity index (χ1v) is 13.4. The molecule has 6 N–H and O–H groups in total. The second-order valence-electron chi connectivity index (χ2n) is 10.3. The maximum atomic E-state index is 13.0. The van der Waals surface area contributed by atoms with E-state index in [1.807, 2.05) is 13.8 Å². The zero-order valence-corrected chi connectivity index (χ0v) is 23.1. The molecule has 40 heavy (non-hydrogen) atoms. The summed E-state index contributed by atoms with van der Waals surface area (Å²) >= 11 is 0. The standard InChI is InChI=1S/C32H34O8/c1-5-7-9-21(33)27-17-11-15(3)25(29(37)19(17)13-23(35)31(27)39)26-16(4)12-18-20(30(26)38)14-24(36)32(40)28(18)22(34)10-8-6-2/h11-14,35-40H,5-10H2,1-4H3. The van der Waals surface area contributed by atoms with E-state index in [4.69, 9.17) is 0 Å². The summed E-state index contributed by atoms with van der Waals surface area (Å²) in [5.41, 5.74) is 1.21. The van der Waals surface area contributed by atoms with Gasteiger partial charge in [0.05, 0.1) is 11.1 Å². The second kappa shape index (κ2) is 11.0. The molecule has 0 aromatic heterocycles. The molecule has 0 aliphatic rings. The maximum Gasteiger partial charge on any atom is 0.169 e. The van der Waals surface area contributed by atoms with Crippen molar-refractivity contribution in [2.45, 2.75) is 66.2 Å². The zero-order valence-electron chi connectivity index (χ0n) is 23.1. The highest BCUT2D eigenvalue weighted by Gasteiger charge is 2.27. The number of benzene rings is 4. The first-order valence-electron chi connectivity index (χ1n) is 13.4. The number of carbonyl (C=O) groups is 2. The third-order valence-electron chi connectivity index (χ3n) is 7.46. The number of unbranched alkanes of at least 4 members (excludes halogenated alkanes) is 2. The van der Waals surface area contributed by atoms with Gasteiger partial charge in [0.25, 0.3) is 0 Å². The number of rotatable bonds is 9. The van der Waals surface area contributed by atoms with E-state index in [1.54, 1.807) is 26.0 Å². The molecule has 4 aromatic rings. The first kappa shape index (κ1) is 28.5. The molecule has 0 amide bonds. The minimum Gasteiger partial charge on any atom is -0.507 e. The number of phenolic OH excluding ortho intramolecular Hbond substituents is 6. The molecule has 0 aliphatic heterocycles. The van der Waals surface area contributed by atoms with Crippen LogP contribution < -0.4 is 0 Å². The molecule has 0 radical (unpaired) electrons. The van der Waals surface area contributed by atoms with Crippen molar-refractivity contribution in [1.82, 2.24) is 0 Å². The highest BCUT2D eigenvalue weighted by atomic mass is 16.3. The number of ketones is 2. The molecule has 8 heteroatoms. The summed E-state index contributed by atoms with van der Waals surface area (Å²) < 4.78 is 0. The van der Waals surface area contributed by atoms with E-state index in [0.29, 0.717) is 24.0 Å². The fraction of sp³-hybridized carbons (Fsp3) is 0.312. The number of aryl methyl sites for hydroxylation is 2. The van der Waals surface area contributed by atoms with Gasteiger partial charge in [0.15, 0.2) is 34.6 Å². The van der Waals surface area contributed by atoms with Gasteiger partial charge in [-0.2, -0.15) is 0 Å². The number of carbonyl (C=O) groups excluding carboxylic acids is 2. The lowest BCUT2D eigenvalue weighted by atomic mass is 9.86. The summed E-state index contributed by atoms with van der Waals surface area (Å²) in [6.07, 6.45) is 3.02. The van der Waals surface area contributed by atoms with E-state index in [0.717, 1.165) is 12.8 Å². The van der Waals surface area contributed by atoms with Crippen LogP contribution in [0.1, 0.15) is 84.2 Å². The third-order valence-corrected chi connectivity index (χ3v) is 7.46. The van der Waals surface area contributed by atoms with Crippen molar-refractivity contribution in [3.8, 4) is 45.6 Å². The van der Waals surface area contributed by atoms with Crippen LogP contribution in [-0.2, 0) is 0 Å². The molecule has 210 valence electrons. The fourth-order valence-corrected chi connectivity index (χ4v) is 5.38. The SMILES string of the molecule is CCCCC(=O)c1c(O)c(O)cc2c(O)c(-c3c(C)cc4c(C(=O)CCCC)c(O)c(O)cc4c3O)c(C)cc12. The number of phenols is 6.